The molecule has 0 saturated carbocycles. The molecule has 0 bridgehead atoms. The van der Waals surface area contributed by atoms with Crippen LogP contribution in [0, 0.1) is 0 Å². The number of hydrogen-bond acceptors (Lipinski definition) is 5. The van der Waals surface area contributed by atoms with Crippen molar-refractivity contribution in [1.82, 2.24) is 25.9 Å². The number of carbonyl (C=O) groups excluding carboxylic acids is 1. The lowest BCUT2D eigenvalue weighted by molar-refractivity contribution is -0.125. The van der Waals surface area contributed by atoms with Gasteiger partial charge in [0.05, 0.1) is 12.0 Å². The zero-order valence-electron chi connectivity index (χ0n) is 10.8. The highest BCUT2D eigenvalue weighted by Crippen LogP contribution is 2.24. The Hall–Kier alpha value is -2.44. The molecule has 100 valence electrons. The van der Waals surface area contributed by atoms with Crippen LogP contribution in [0.1, 0.15) is 25.2 Å². The first-order chi connectivity index (χ1) is 9.00. The van der Waals surface area contributed by atoms with Crippen molar-refractivity contribution >= 4 is 11.6 Å². The Kier molecular flexibility index (Phi) is 3.46. The molecule has 0 unspecified atom stereocenters. The zero-order chi connectivity index (χ0) is 13.9. The minimum atomic E-state index is -0.655. The predicted octanol–water partition coefficient (Wildman–Crippen LogP) is 0.376. The third-order valence-corrected chi connectivity index (χ3v) is 3.00. The molecule has 2 rings (SSSR count). The quantitative estimate of drug-likeness (QED) is 0.688. The van der Waals surface area contributed by atoms with Crippen LogP contribution in [0.4, 0.5) is 5.69 Å². The average Bonchev–Trinajstić information content (AvgIpc) is 2.89. The highest BCUT2D eigenvalue weighted by molar-refractivity contribution is 5.87. The Morgan fingerprint density at radius 3 is 2.63 bits per heavy atom. The Morgan fingerprint density at radius 1 is 1.37 bits per heavy atom. The summed E-state index contributed by atoms with van der Waals surface area (Å²) in [4.78, 5) is 12.2. The second-order valence-electron chi connectivity index (χ2n) is 4.76. The van der Waals surface area contributed by atoms with Crippen LogP contribution in [0.25, 0.3) is 0 Å². The molecular formula is C12H16N6O. The van der Waals surface area contributed by atoms with Gasteiger partial charge in [-0.1, -0.05) is 17.3 Å². The molecule has 4 N–H and O–H groups in total. The van der Waals surface area contributed by atoms with Crippen LogP contribution in [-0.2, 0) is 16.8 Å². The lowest BCUT2D eigenvalue weighted by Gasteiger charge is -2.24. The number of benzene rings is 1. The summed E-state index contributed by atoms with van der Waals surface area (Å²) in [5.74, 6) is 0.337. The van der Waals surface area contributed by atoms with Gasteiger partial charge in [0.25, 0.3) is 0 Å². The Morgan fingerprint density at radius 2 is 2.05 bits per heavy atom. The smallest absolute Gasteiger partial charge is 0.230 e. The van der Waals surface area contributed by atoms with Crippen molar-refractivity contribution in [3.05, 3.63) is 35.7 Å². The SMILES string of the molecule is CC(C)(C(=O)NCc1nn[nH]n1)c1ccc(N)cc1. The van der Waals surface area contributed by atoms with Crippen LogP contribution < -0.4 is 11.1 Å². The van der Waals surface area contributed by atoms with Crippen LogP contribution in [0.5, 0.6) is 0 Å². The molecule has 1 aromatic heterocycles. The third kappa shape index (κ3) is 2.87. The second kappa shape index (κ2) is 5.05. The molecule has 0 radical (unpaired) electrons. The van der Waals surface area contributed by atoms with Gasteiger partial charge >= 0.3 is 0 Å². The fraction of sp³-hybridized carbons (Fsp3) is 0.333. The van der Waals surface area contributed by atoms with E-state index in [1.807, 2.05) is 26.0 Å². The lowest BCUT2D eigenvalue weighted by atomic mass is 9.83. The van der Waals surface area contributed by atoms with Crippen LogP contribution >= 0.6 is 0 Å². The summed E-state index contributed by atoms with van der Waals surface area (Å²) in [7, 11) is 0. The number of aromatic amines is 1. The van der Waals surface area contributed by atoms with E-state index >= 15 is 0 Å². The number of rotatable bonds is 4. The van der Waals surface area contributed by atoms with E-state index in [2.05, 4.69) is 25.9 Å². The third-order valence-electron chi connectivity index (χ3n) is 3.00. The van der Waals surface area contributed by atoms with Crippen LogP contribution in [-0.4, -0.2) is 26.5 Å². The van der Waals surface area contributed by atoms with E-state index in [-0.39, 0.29) is 12.5 Å². The van der Waals surface area contributed by atoms with Gasteiger partial charge in [-0.15, -0.1) is 10.2 Å². The van der Waals surface area contributed by atoms with Gasteiger partial charge in [0.1, 0.15) is 0 Å². The highest BCUT2D eigenvalue weighted by Gasteiger charge is 2.29. The molecule has 0 fully saturated rings. The molecule has 7 nitrogen and oxygen atoms in total. The summed E-state index contributed by atoms with van der Waals surface area (Å²) in [5, 5.41) is 16.1. The molecule has 1 aromatic carbocycles. The number of hydrogen-bond donors (Lipinski definition) is 3. The van der Waals surface area contributed by atoms with Crippen molar-refractivity contribution < 1.29 is 4.79 Å². The maximum absolute atomic E-state index is 12.2. The van der Waals surface area contributed by atoms with E-state index in [1.165, 1.54) is 0 Å². The first-order valence-electron chi connectivity index (χ1n) is 5.87. The summed E-state index contributed by atoms with van der Waals surface area (Å²) in [6.45, 7) is 3.95. The van der Waals surface area contributed by atoms with E-state index < -0.39 is 5.41 Å². The molecule has 1 heterocycles. The number of tetrazole rings is 1. The standard InChI is InChI=1S/C12H16N6O/c1-12(2,8-3-5-9(13)6-4-8)11(19)14-7-10-15-17-18-16-10/h3-6H,7,13H2,1-2H3,(H,14,19)(H,15,16,17,18). The molecule has 0 aliphatic carbocycles. The number of aromatic nitrogens is 4. The topological polar surface area (TPSA) is 110 Å². The number of carbonyl (C=O) groups is 1. The van der Waals surface area contributed by atoms with E-state index in [4.69, 9.17) is 5.73 Å². The normalized spacial score (nSPS) is 11.3. The number of nitrogens with zero attached hydrogens (tertiary/aromatic N) is 3. The minimum Gasteiger partial charge on any atom is -0.399 e. The number of amides is 1. The minimum absolute atomic E-state index is 0.109. The molecule has 19 heavy (non-hydrogen) atoms. The van der Waals surface area contributed by atoms with E-state index in [0.717, 1.165) is 5.56 Å². The maximum Gasteiger partial charge on any atom is 0.230 e. The number of anilines is 1. The molecular weight excluding hydrogens is 244 g/mol. The van der Waals surface area contributed by atoms with Crippen LogP contribution in [0.3, 0.4) is 0 Å². The van der Waals surface area contributed by atoms with Crippen LogP contribution in [0.15, 0.2) is 24.3 Å². The molecule has 0 aliphatic rings. The maximum atomic E-state index is 12.2. The van der Waals surface area contributed by atoms with E-state index in [1.54, 1.807) is 12.1 Å². The summed E-state index contributed by atoms with van der Waals surface area (Å²) >= 11 is 0. The summed E-state index contributed by atoms with van der Waals surface area (Å²) in [6.07, 6.45) is 0. The van der Waals surface area contributed by atoms with Crippen molar-refractivity contribution in [1.29, 1.82) is 0 Å². The first kappa shape index (κ1) is 13.0. The molecule has 7 heteroatoms. The number of H-pyrrole nitrogens is 1. The highest BCUT2D eigenvalue weighted by atomic mass is 16.2. The average molecular weight is 260 g/mol. The van der Waals surface area contributed by atoms with Crippen molar-refractivity contribution in [3.8, 4) is 0 Å². The molecule has 2 aromatic rings. The number of nitrogens with two attached hydrogens (primary N) is 1. The van der Waals surface area contributed by atoms with Crippen molar-refractivity contribution in [3.63, 3.8) is 0 Å². The molecule has 0 saturated heterocycles. The number of nitrogen functional groups attached to an aromatic ring is 1. The molecule has 0 atom stereocenters. The lowest BCUT2D eigenvalue weighted by Crippen LogP contribution is -2.39. The Labute approximate surface area is 110 Å². The monoisotopic (exact) mass is 260 g/mol. The van der Waals surface area contributed by atoms with Gasteiger partial charge in [-0.3, -0.25) is 4.79 Å². The van der Waals surface area contributed by atoms with Crippen molar-refractivity contribution in [2.45, 2.75) is 25.8 Å². The van der Waals surface area contributed by atoms with Gasteiger partial charge in [0, 0.05) is 5.69 Å². The summed E-state index contributed by atoms with van der Waals surface area (Å²) < 4.78 is 0. The molecule has 0 aliphatic heterocycles. The Balaban J connectivity index is 2.06. The Bertz CT molecular complexity index is 546. The van der Waals surface area contributed by atoms with Crippen molar-refractivity contribution in [2.75, 3.05) is 5.73 Å². The summed E-state index contributed by atoms with van der Waals surface area (Å²) in [5.41, 5.74) is 6.55. The fourth-order valence-corrected chi connectivity index (χ4v) is 1.67. The van der Waals surface area contributed by atoms with Gasteiger partial charge in [0.2, 0.25) is 5.91 Å². The molecule has 0 spiro atoms. The van der Waals surface area contributed by atoms with Gasteiger partial charge < -0.3 is 11.1 Å². The van der Waals surface area contributed by atoms with Crippen molar-refractivity contribution in [2.24, 2.45) is 0 Å². The first-order valence-corrected chi connectivity index (χ1v) is 5.87. The van der Waals surface area contributed by atoms with Crippen LogP contribution in [0.2, 0.25) is 0 Å². The summed E-state index contributed by atoms with van der Waals surface area (Å²) in [6, 6.07) is 7.26. The largest absolute Gasteiger partial charge is 0.399 e. The van der Waals surface area contributed by atoms with Gasteiger partial charge in [-0.2, -0.15) is 5.21 Å². The van der Waals surface area contributed by atoms with E-state index in [0.29, 0.717) is 11.5 Å². The second-order valence-corrected chi connectivity index (χ2v) is 4.76. The number of nitrogens with one attached hydrogen (secondary N) is 2. The van der Waals surface area contributed by atoms with Gasteiger partial charge in [-0.05, 0) is 31.5 Å². The van der Waals surface area contributed by atoms with Gasteiger partial charge in [0.15, 0.2) is 5.82 Å². The van der Waals surface area contributed by atoms with Gasteiger partial charge in [-0.25, -0.2) is 0 Å². The zero-order valence-corrected chi connectivity index (χ0v) is 10.8. The molecule has 1 amide bonds. The predicted molar refractivity (Wildman–Crippen MR) is 69.9 cm³/mol. The van der Waals surface area contributed by atoms with E-state index in [9.17, 15) is 4.79 Å². The fourth-order valence-electron chi connectivity index (χ4n) is 1.67.